The second kappa shape index (κ2) is 5.68. The van der Waals surface area contributed by atoms with Gasteiger partial charge in [-0.2, -0.15) is 0 Å². The van der Waals surface area contributed by atoms with E-state index < -0.39 is 0 Å². The molecule has 0 spiro atoms. The summed E-state index contributed by atoms with van der Waals surface area (Å²) in [4.78, 5) is 7.96. The number of nitrogens with zero attached hydrogens (tertiary/aromatic N) is 2. The Balaban J connectivity index is 1.66. The van der Waals surface area contributed by atoms with E-state index in [4.69, 9.17) is 5.73 Å². The third-order valence-corrected chi connectivity index (χ3v) is 3.30. The van der Waals surface area contributed by atoms with Gasteiger partial charge in [0.15, 0.2) is 5.82 Å². The first-order valence-electron chi connectivity index (χ1n) is 6.15. The monoisotopic (exact) mass is 220 g/mol. The first-order valence-corrected chi connectivity index (χ1v) is 6.15. The molecule has 0 aliphatic heterocycles. The van der Waals surface area contributed by atoms with Gasteiger partial charge >= 0.3 is 0 Å². The van der Waals surface area contributed by atoms with E-state index >= 15 is 0 Å². The molecule has 2 rings (SSSR count). The topological polar surface area (TPSA) is 63.8 Å². The van der Waals surface area contributed by atoms with Gasteiger partial charge in [0, 0.05) is 6.54 Å². The van der Waals surface area contributed by atoms with Gasteiger partial charge in [-0.15, -0.1) is 0 Å². The zero-order valence-electron chi connectivity index (χ0n) is 9.65. The molecule has 0 saturated heterocycles. The maximum Gasteiger partial charge on any atom is 0.152 e. The van der Waals surface area contributed by atoms with Gasteiger partial charge in [0.05, 0.1) is 11.9 Å². The van der Waals surface area contributed by atoms with Crippen LogP contribution in [0.4, 0.5) is 11.5 Å². The van der Waals surface area contributed by atoms with E-state index in [2.05, 4.69) is 15.3 Å². The van der Waals surface area contributed by atoms with Crippen LogP contribution in [0.1, 0.15) is 38.5 Å². The van der Waals surface area contributed by atoms with Crippen LogP contribution in [0.3, 0.4) is 0 Å². The fourth-order valence-electron chi connectivity index (χ4n) is 2.38. The number of hydrogen-bond acceptors (Lipinski definition) is 4. The number of hydrogen-bond donors (Lipinski definition) is 2. The van der Waals surface area contributed by atoms with Gasteiger partial charge in [0.2, 0.25) is 0 Å². The molecule has 0 aromatic carbocycles. The van der Waals surface area contributed by atoms with Crippen LogP contribution in [0.25, 0.3) is 0 Å². The first-order chi connectivity index (χ1) is 7.86. The lowest BCUT2D eigenvalue weighted by atomic mass is 10.0. The van der Waals surface area contributed by atoms with E-state index in [1.54, 1.807) is 6.20 Å². The Morgan fingerprint density at radius 1 is 1.38 bits per heavy atom. The van der Waals surface area contributed by atoms with Crippen molar-refractivity contribution in [2.75, 3.05) is 17.6 Å². The molecule has 4 heteroatoms. The minimum absolute atomic E-state index is 0.628. The van der Waals surface area contributed by atoms with E-state index in [0.29, 0.717) is 5.69 Å². The molecule has 1 aromatic rings. The van der Waals surface area contributed by atoms with E-state index in [1.807, 2.05) is 0 Å². The number of nitrogen functional groups attached to an aromatic ring is 1. The van der Waals surface area contributed by atoms with E-state index in [1.165, 1.54) is 44.9 Å². The van der Waals surface area contributed by atoms with Crippen molar-refractivity contribution < 1.29 is 0 Å². The summed E-state index contributed by atoms with van der Waals surface area (Å²) in [7, 11) is 0. The Hall–Kier alpha value is -1.32. The van der Waals surface area contributed by atoms with Gasteiger partial charge in [-0.25, -0.2) is 9.97 Å². The first kappa shape index (κ1) is 11.2. The Morgan fingerprint density at radius 2 is 2.19 bits per heavy atom. The number of anilines is 2. The maximum absolute atomic E-state index is 5.74. The maximum atomic E-state index is 5.74. The summed E-state index contributed by atoms with van der Waals surface area (Å²) in [6, 6.07) is 0. The second-order valence-corrected chi connectivity index (χ2v) is 4.55. The molecule has 1 saturated carbocycles. The van der Waals surface area contributed by atoms with Crippen LogP contribution in [0.5, 0.6) is 0 Å². The summed E-state index contributed by atoms with van der Waals surface area (Å²) in [6.07, 6.45) is 11.4. The summed E-state index contributed by atoms with van der Waals surface area (Å²) >= 11 is 0. The third kappa shape index (κ3) is 3.08. The van der Waals surface area contributed by atoms with E-state index in [0.717, 1.165) is 18.3 Å². The molecule has 1 fully saturated rings. The van der Waals surface area contributed by atoms with Gasteiger partial charge in [0.1, 0.15) is 6.33 Å². The zero-order chi connectivity index (χ0) is 11.2. The predicted molar refractivity (Wildman–Crippen MR) is 66.1 cm³/mol. The Kier molecular flexibility index (Phi) is 3.97. The smallest absolute Gasteiger partial charge is 0.152 e. The van der Waals surface area contributed by atoms with Crippen LogP contribution in [0, 0.1) is 5.92 Å². The van der Waals surface area contributed by atoms with Gasteiger partial charge in [-0.05, 0) is 18.8 Å². The molecule has 3 N–H and O–H groups in total. The molecule has 1 aliphatic rings. The summed E-state index contributed by atoms with van der Waals surface area (Å²) in [5.74, 6) is 1.73. The molecule has 0 atom stereocenters. The molecule has 0 bridgehead atoms. The Labute approximate surface area is 96.7 Å². The normalized spacial score (nSPS) is 16.5. The number of nitrogens with one attached hydrogen (secondary N) is 1. The number of aromatic nitrogens is 2. The highest BCUT2D eigenvalue weighted by molar-refractivity contribution is 5.58. The molecular formula is C12H20N4. The summed E-state index contributed by atoms with van der Waals surface area (Å²) in [6.45, 7) is 0.956. The van der Waals surface area contributed by atoms with Crippen molar-refractivity contribution in [3.05, 3.63) is 12.5 Å². The SMILES string of the molecule is Nc1cncnc1NCCCC1CCCC1. The highest BCUT2D eigenvalue weighted by Crippen LogP contribution is 2.28. The molecule has 0 amide bonds. The fourth-order valence-corrected chi connectivity index (χ4v) is 2.38. The van der Waals surface area contributed by atoms with Crippen LogP contribution in [0.2, 0.25) is 0 Å². The third-order valence-electron chi connectivity index (χ3n) is 3.30. The summed E-state index contributed by atoms with van der Waals surface area (Å²) in [5, 5.41) is 3.26. The van der Waals surface area contributed by atoms with Crippen molar-refractivity contribution in [1.29, 1.82) is 0 Å². The lowest BCUT2D eigenvalue weighted by molar-refractivity contribution is 0.491. The molecule has 1 heterocycles. The molecule has 0 unspecified atom stereocenters. The molecule has 1 aromatic heterocycles. The van der Waals surface area contributed by atoms with Gasteiger partial charge in [-0.3, -0.25) is 0 Å². The van der Waals surface area contributed by atoms with Crippen LogP contribution in [-0.4, -0.2) is 16.5 Å². The lowest BCUT2D eigenvalue weighted by Crippen LogP contribution is -2.07. The molecular weight excluding hydrogens is 200 g/mol. The van der Waals surface area contributed by atoms with Crippen molar-refractivity contribution >= 4 is 11.5 Å². The van der Waals surface area contributed by atoms with Crippen LogP contribution >= 0.6 is 0 Å². The molecule has 88 valence electrons. The highest BCUT2D eigenvalue weighted by atomic mass is 15.0. The summed E-state index contributed by atoms with van der Waals surface area (Å²) in [5.41, 5.74) is 6.37. The van der Waals surface area contributed by atoms with Crippen LogP contribution in [-0.2, 0) is 0 Å². The minimum atomic E-state index is 0.628. The van der Waals surface area contributed by atoms with Crippen molar-refractivity contribution in [2.24, 2.45) is 5.92 Å². The van der Waals surface area contributed by atoms with E-state index in [9.17, 15) is 0 Å². The molecule has 16 heavy (non-hydrogen) atoms. The largest absolute Gasteiger partial charge is 0.394 e. The molecule has 1 aliphatic carbocycles. The van der Waals surface area contributed by atoms with Crippen molar-refractivity contribution in [2.45, 2.75) is 38.5 Å². The molecule has 4 nitrogen and oxygen atoms in total. The fraction of sp³-hybridized carbons (Fsp3) is 0.667. The highest BCUT2D eigenvalue weighted by Gasteiger charge is 2.13. The Bertz CT molecular complexity index is 321. The van der Waals surface area contributed by atoms with Gasteiger partial charge < -0.3 is 11.1 Å². The van der Waals surface area contributed by atoms with Gasteiger partial charge in [-0.1, -0.05) is 25.7 Å². The Morgan fingerprint density at radius 3 is 2.94 bits per heavy atom. The second-order valence-electron chi connectivity index (χ2n) is 4.55. The number of rotatable bonds is 5. The predicted octanol–water partition coefficient (Wildman–Crippen LogP) is 2.44. The standard InChI is InChI=1S/C12H20N4/c13-11-8-14-9-16-12(11)15-7-3-6-10-4-1-2-5-10/h8-10H,1-7,13H2,(H,14,15,16). The van der Waals surface area contributed by atoms with Crippen LogP contribution in [0.15, 0.2) is 12.5 Å². The van der Waals surface area contributed by atoms with Crippen molar-refractivity contribution in [3.8, 4) is 0 Å². The lowest BCUT2D eigenvalue weighted by Gasteiger charge is -2.10. The summed E-state index contributed by atoms with van der Waals surface area (Å²) < 4.78 is 0. The van der Waals surface area contributed by atoms with Gasteiger partial charge in [0.25, 0.3) is 0 Å². The average Bonchev–Trinajstić information content (AvgIpc) is 2.79. The quantitative estimate of drug-likeness (QED) is 0.748. The zero-order valence-corrected chi connectivity index (χ0v) is 9.65. The molecule has 0 radical (unpaired) electrons. The minimum Gasteiger partial charge on any atom is -0.394 e. The van der Waals surface area contributed by atoms with E-state index in [-0.39, 0.29) is 0 Å². The van der Waals surface area contributed by atoms with Crippen LogP contribution < -0.4 is 11.1 Å². The average molecular weight is 220 g/mol. The van der Waals surface area contributed by atoms with Crippen molar-refractivity contribution in [1.82, 2.24) is 9.97 Å². The van der Waals surface area contributed by atoms with Crippen molar-refractivity contribution in [3.63, 3.8) is 0 Å². The number of nitrogens with two attached hydrogens (primary N) is 1.